The normalized spacial score (nSPS) is 11.3. The minimum absolute atomic E-state index is 0.576. The van der Waals surface area contributed by atoms with Crippen molar-refractivity contribution >= 4 is 39.0 Å². The summed E-state index contributed by atoms with van der Waals surface area (Å²) in [6.07, 6.45) is 1.78. The Kier molecular flexibility index (Phi) is 5.38. The zero-order valence-electron chi connectivity index (χ0n) is 14.8. The Hall–Kier alpha value is -2.42. The summed E-state index contributed by atoms with van der Waals surface area (Å²) < 4.78 is 7.37. The topological polar surface area (TPSA) is 78.8 Å². The molecule has 138 valence electrons. The molecule has 3 heterocycles. The number of hydrogen-bond acceptors (Lipinski definition) is 7. The average Bonchev–Trinajstić information content (AvgIpc) is 3.26. The van der Waals surface area contributed by atoms with Gasteiger partial charge in [-0.3, -0.25) is 4.57 Å². The number of nitrogens with two attached hydrogens (primary N) is 1. The van der Waals surface area contributed by atoms with Gasteiger partial charge in [0.05, 0.1) is 23.7 Å². The van der Waals surface area contributed by atoms with Gasteiger partial charge in [-0.2, -0.15) is 0 Å². The van der Waals surface area contributed by atoms with Crippen LogP contribution < -0.4 is 5.73 Å². The van der Waals surface area contributed by atoms with Gasteiger partial charge in [-0.05, 0) is 17.7 Å². The number of hydrogen-bond donors (Lipinski definition) is 1. The lowest BCUT2D eigenvalue weighted by Crippen LogP contribution is -2.07. The van der Waals surface area contributed by atoms with Crippen LogP contribution in [0.5, 0.6) is 0 Å². The Balaban J connectivity index is 1.69. The highest BCUT2D eigenvalue weighted by Crippen LogP contribution is 2.39. The van der Waals surface area contributed by atoms with E-state index < -0.39 is 0 Å². The Morgan fingerprint density at radius 1 is 1.15 bits per heavy atom. The Morgan fingerprint density at radius 2 is 2.00 bits per heavy atom. The first-order chi connectivity index (χ1) is 13.3. The van der Waals surface area contributed by atoms with Crippen molar-refractivity contribution in [3.8, 4) is 10.7 Å². The molecule has 0 aliphatic rings. The molecule has 0 amide bonds. The lowest BCUT2D eigenvalue weighted by molar-refractivity contribution is 0.185. The van der Waals surface area contributed by atoms with Crippen molar-refractivity contribution in [2.75, 3.05) is 19.5 Å². The van der Waals surface area contributed by atoms with Crippen molar-refractivity contribution < 1.29 is 4.74 Å². The van der Waals surface area contributed by atoms with Crippen LogP contribution in [-0.2, 0) is 17.0 Å². The first-order valence-electron chi connectivity index (χ1n) is 8.50. The van der Waals surface area contributed by atoms with Crippen molar-refractivity contribution in [3.63, 3.8) is 0 Å². The van der Waals surface area contributed by atoms with Gasteiger partial charge in [0, 0.05) is 24.4 Å². The van der Waals surface area contributed by atoms with E-state index in [1.807, 2.05) is 30.3 Å². The number of pyridine rings is 1. The molecule has 27 heavy (non-hydrogen) atoms. The summed E-state index contributed by atoms with van der Waals surface area (Å²) in [4.78, 5) is 6.22. The van der Waals surface area contributed by atoms with Gasteiger partial charge < -0.3 is 10.5 Å². The highest BCUT2D eigenvalue weighted by Gasteiger charge is 2.20. The summed E-state index contributed by atoms with van der Waals surface area (Å²) in [5, 5.41) is 10.7. The fourth-order valence-corrected chi connectivity index (χ4v) is 4.76. The minimum atomic E-state index is 0.576. The molecule has 0 unspecified atom stereocenters. The largest absolute Gasteiger partial charge is 0.397 e. The number of thiophene rings is 1. The minimum Gasteiger partial charge on any atom is -0.397 e. The van der Waals surface area contributed by atoms with E-state index in [1.165, 1.54) is 5.56 Å². The SMILES string of the molecule is COCCn1c(SCc2ccccc2)nnc1-c1sc2ncccc2c1N. The average molecular weight is 398 g/mol. The van der Waals surface area contributed by atoms with Crippen LogP contribution in [0.1, 0.15) is 5.56 Å². The van der Waals surface area contributed by atoms with Crippen molar-refractivity contribution in [1.82, 2.24) is 19.7 Å². The molecule has 2 N–H and O–H groups in total. The molecule has 1 aromatic carbocycles. The number of nitrogens with zero attached hydrogens (tertiary/aromatic N) is 4. The van der Waals surface area contributed by atoms with Gasteiger partial charge in [-0.15, -0.1) is 21.5 Å². The molecule has 4 aromatic rings. The molecule has 0 saturated heterocycles. The number of ether oxygens (including phenoxy) is 1. The Labute approximate surface area is 165 Å². The van der Waals surface area contributed by atoms with E-state index in [4.69, 9.17) is 10.5 Å². The monoisotopic (exact) mass is 397 g/mol. The summed E-state index contributed by atoms with van der Waals surface area (Å²) in [7, 11) is 1.69. The molecule has 3 aromatic heterocycles. The number of aromatic nitrogens is 4. The maximum Gasteiger partial charge on any atom is 0.191 e. The molecule has 0 fully saturated rings. The zero-order chi connectivity index (χ0) is 18.6. The molecule has 0 radical (unpaired) electrons. The van der Waals surface area contributed by atoms with Gasteiger partial charge in [0.1, 0.15) is 4.83 Å². The highest BCUT2D eigenvalue weighted by atomic mass is 32.2. The van der Waals surface area contributed by atoms with Gasteiger partial charge in [0.2, 0.25) is 0 Å². The van der Waals surface area contributed by atoms with Gasteiger partial charge in [0.15, 0.2) is 11.0 Å². The van der Waals surface area contributed by atoms with Gasteiger partial charge >= 0.3 is 0 Å². The van der Waals surface area contributed by atoms with Gasteiger partial charge in [0.25, 0.3) is 0 Å². The van der Waals surface area contributed by atoms with Gasteiger partial charge in [-0.25, -0.2) is 4.98 Å². The molecular formula is C19H19N5OS2. The lowest BCUT2D eigenvalue weighted by atomic mass is 10.2. The van der Waals surface area contributed by atoms with Crippen LogP contribution in [-0.4, -0.2) is 33.5 Å². The molecule has 0 spiro atoms. The van der Waals surface area contributed by atoms with Crippen LogP contribution in [0.2, 0.25) is 0 Å². The summed E-state index contributed by atoms with van der Waals surface area (Å²) in [6.45, 7) is 1.24. The third-order valence-corrected chi connectivity index (χ3v) is 6.32. The quantitative estimate of drug-likeness (QED) is 0.474. The van der Waals surface area contributed by atoms with Crippen molar-refractivity contribution in [1.29, 1.82) is 0 Å². The first kappa shape index (κ1) is 18.0. The molecule has 0 saturated carbocycles. The number of nitrogen functional groups attached to an aromatic ring is 1. The zero-order valence-corrected chi connectivity index (χ0v) is 16.5. The molecular weight excluding hydrogens is 378 g/mol. The van der Waals surface area contributed by atoms with E-state index >= 15 is 0 Å². The summed E-state index contributed by atoms with van der Waals surface area (Å²) >= 11 is 3.20. The maximum atomic E-state index is 6.39. The van der Waals surface area contributed by atoms with E-state index in [1.54, 1.807) is 36.4 Å². The fraction of sp³-hybridized carbons (Fsp3) is 0.211. The molecule has 0 aliphatic carbocycles. The third kappa shape index (κ3) is 3.69. The number of thioether (sulfide) groups is 1. The first-order valence-corrected chi connectivity index (χ1v) is 10.3. The molecule has 0 atom stereocenters. The fourth-order valence-electron chi connectivity index (χ4n) is 2.79. The van der Waals surface area contributed by atoms with Crippen LogP contribution in [0.4, 0.5) is 5.69 Å². The second kappa shape index (κ2) is 8.08. The van der Waals surface area contributed by atoms with Crippen LogP contribution in [0.15, 0.2) is 53.8 Å². The molecule has 0 bridgehead atoms. The molecule has 6 nitrogen and oxygen atoms in total. The van der Waals surface area contributed by atoms with E-state index in [9.17, 15) is 0 Å². The van der Waals surface area contributed by atoms with Crippen molar-refractivity contribution in [3.05, 3.63) is 54.2 Å². The Morgan fingerprint density at radius 3 is 2.78 bits per heavy atom. The van der Waals surface area contributed by atoms with E-state index in [0.29, 0.717) is 18.8 Å². The lowest BCUT2D eigenvalue weighted by Gasteiger charge is -2.09. The third-order valence-electron chi connectivity index (χ3n) is 4.15. The standard InChI is InChI=1S/C19H19N5OS2/c1-25-11-10-24-17(16-15(20)14-8-5-9-21-18(14)27-16)22-23-19(24)26-12-13-6-3-2-4-7-13/h2-9H,10-12,20H2,1H3. The number of fused-ring (bicyclic) bond motifs is 1. The number of methoxy groups -OCH3 is 1. The Bertz CT molecular complexity index is 1040. The second-order valence-corrected chi connectivity index (χ2v) is 7.87. The molecule has 4 rings (SSSR count). The summed E-state index contributed by atoms with van der Waals surface area (Å²) in [6, 6.07) is 14.2. The van der Waals surface area contributed by atoms with E-state index in [2.05, 4.69) is 31.9 Å². The maximum absolute atomic E-state index is 6.39. The number of anilines is 1. The van der Waals surface area contributed by atoms with Crippen LogP contribution >= 0.6 is 23.1 Å². The smallest absolute Gasteiger partial charge is 0.191 e. The van der Waals surface area contributed by atoms with Crippen LogP contribution in [0.25, 0.3) is 20.9 Å². The molecule has 0 aliphatic heterocycles. The summed E-state index contributed by atoms with van der Waals surface area (Å²) in [5.41, 5.74) is 8.34. The van der Waals surface area contributed by atoms with Crippen molar-refractivity contribution in [2.24, 2.45) is 0 Å². The number of benzene rings is 1. The van der Waals surface area contributed by atoms with E-state index in [-0.39, 0.29) is 0 Å². The highest BCUT2D eigenvalue weighted by molar-refractivity contribution is 7.98. The van der Waals surface area contributed by atoms with Crippen molar-refractivity contribution in [2.45, 2.75) is 17.5 Å². The van der Waals surface area contributed by atoms with E-state index in [0.717, 1.165) is 31.8 Å². The van der Waals surface area contributed by atoms with Crippen LogP contribution in [0.3, 0.4) is 0 Å². The number of rotatable bonds is 7. The second-order valence-electron chi connectivity index (χ2n) is 5.93. The molecule has 8 heteroatoms. The van der Waals surface area contributed by atoms with Gasteiger partial charge in [-0.1, -0.05) is 42.1 Å². The predicted molar refractivity (Wildman–Crippen MR) is 111 cm³/mol. The predicted octanol–water partition coefficient (Wildman–Crippen LogP) is 4.08. The summed E-state index contributed by atoms with van der Waals surface area (Å²) in [5.74, 6) is 1.60. The van der Waals surface area contributed by atoms with Crippen LogP contribution in [0, 0.1) is 0 Å².